The summed E-state index contributed by atoms with van der Waals surface area (Å²) >= 11 is 3.43. The zero-order valence-corrected chi connectivity index (χ0v) is 11.3. The molecule has 0 aromatic heterocycles. The van der Waals surface area contributed by atoms with Gasteiger partial charge in [-0.1, -0.05) is 15.9 Å². The summed E-state index contributed by atoms with van der Waals surface area (Å²) in [6, 6.07) is 1.71. The number of benzene rings is 1. The Bertz CT molecular complexity index is 466. The molecule has 0 spiro atoms. The van der Waals surface area contributed by atoms with Gasteiger partial charge in [0.05, 0.1) is 5.56 Å². The van der Waals surface area contributed by atoms with Crippen molar-refractivity contribution in [2.75, 3.05) is 13.2 Å². The number of hydrogen-bond acceptors (Lipinski definition) is 4. The molecule has 0 atom stereocenters. The second-order valence-corrected chi connectivity index (χ2v) is 5.37. The molecule has 1 aromatic rings. The molecule has 2 N–H and O–H groups in total. The van der Waals surface area contributed by atoms with Gasteiger partial charge in [-0.15, -0.1) is 0 Å². The van der Waals surface area contributed by atoms with Gasteiger partial charge in [0.1, 0.15) is 13.2 Å². The van der Waals surface area contributed by atoms with Crippen molar-refractivity contribution in [3.8, 4) is 11.5 Å². The van der Waals surface area contributed by atoms with Gasteiger partial charge in [-0.25, -0.2) is 0 Å². The number of hydrogen-bond donors (Lipinski definition) is 1. The summed E-state index contributed by atoms with van der Waals surface area (Å²) in [7, 11) is 0. The first-order valence-corrected chi connectivity index (χ1v) is 6.11. The maximum absolute atomic E-state index is 11.0. The fourth-order valence-electron chi connectivity index (χ4n) is 1.89. The summed E-state index contributed by atoms with van der Waals surface area (Å²) in [5.74, 6) is 1.06. The molecule has 17 heavy (non-hydrogen) atoms. The standard InChI is InChI=1S/C12H14BrNO3/c1-12(2,14)9-8(13)5-7(6-15)10-11(9)17-4-3-16-10/h5-6H,3-4,14H2,1-2H3. The minimum atomic E-state index is -0.578. The first-order valence-electron chi connectivity index (χ1n) is 5.31. The Morgan fingerprint density at radius 1 is 1.35 bits per heavy atom. The van der Waals surface area contributed by atoms with Gasteiger partial charge in [0.2, 0.25) is 0 Å². The topological polar surface area (TPSA) is 61.6 Å². The lowest BCUT2D eigenvalue weighted by Crippen LogP contribution is -2.31. The molecule has 1 aliphatic heterocycles. The van der Waals surface area contributed by atoms with Crippen molar-refractivity contribution in [2.24, 2.45) is 5.73 Å². The molecular weight excluding hydrogens is 286 g/mol. The van der Waals surface area contributed by atoms with Crippen LogP contribution in [0.1, 0.15) is 29.8 Å². The van der Waals surface area contributed by atoms with E-state index in [0.29, 0.717) is 30.3 Å². The Morgan fingerprint density at radius 3 is 2.47 bits per heavy atom. The minimum Gasteiger partial charge on any atom is -0.486 e. The second-order valence-electron chi connectivity index (χ2n) is 4.52. The number of ether oxygens (including phenoxy) is 2. The lowest BCUT2D eigenvalue weighted by atomic mass is 9.93. The van der Waals surface area contributed by atoms with E-state index in [1.165, 1.54) is 0 Å². The van der Waals surface area contributed by atoms with Crippen molar-refractivity contribution >= 4 is 22.2 Å². The number of nitrogens with two attached hydrogens (primary N) is 1. The average molecular weight is 300 g/mol. The summed E-state index contributed by atoms with van der Waals surface area (Å²) in [6.45, 7) is 4.67. The van der Waals surface area contributed by atoms with Gasteiger partial charge in [-0.2, -0.15) is 0 Å². The van der Waals surface area contributed by atoms with Gasteiger partial charge < -0.3 is 15.2 Å². The van der Waals surface area contributed by atoms with Gasteiger partial charge in [0.25, 0.3) is 0 Å². The van der Waals surface area contributed by atoms with Crippen molar-refractivity contribution < 1.29 is 14.3 Å². The molecule has 0 fully saturated rings. The van der Waals surface area contributed by atoms with Crippen LogP contribution >= 0.6 is 15.9 Å². The first kappa shape index (κ1) is 12.4. The van der Waals surface area contributed by atoms with E-state index in [-0.39, 0.29) is 0 Å². The van der Waals surface area contributed by atoms with Crippen LogP contribution in [-0.2, 0) is 5.54 Å². The lowest BCUT2D eigenvalue weighted by Gasteiger charge is -2.29. The van der Waals surface area contributed by atoms with Crippen LogP contribution in [0.15, 0.2) is 10.5 Å². The van der Waals surface area contributed by atoms with E-state index in [1.54, 1.807) is 6.07 Å². The van der Waals surface area contributed by atoms with Crippen LogP contribution in [0.25, 0.3) is 0 Å². The van der Waals surface area contributed by atoms with E-state index in [0.717, 1.165) is 16.3 Å². The minimum absolute atomic E-state index is 0.444. The predicted octanol–water partition coefficient (Wildman–Crippen LogP) is 2.23. The molecule has 2 rings (SSSR count). The van der Waals surface area contributed by atoms with Gasteiger partial charge >= 0.3 is 0 Å². The summed E-state index contributed by atoms with van der Waals surface area (Å²) in [4.78, 5) is 11.0. The number of aldehydes is 1. The van der Waals surface area contributed by atoms with E-state index in [2.05, 4.69) is 15.9 Å². The molecule has 0 aliphatic carbocycles. The van der Waals surface area contributed by atoms with E-state index in [1.807, 2.05) is 13.8 Å². The third-order valence-corrected chi connectivity index (χ3v) is 3.19. The molecule has 0 amide bonds. The Kier molecular flexibility index (Phi) is 3.14. The van der Waals surface area contributed by atoms with Crippen LogP contribution < -0.4 is 15.2 Å². The molecule has 0 saturated carbocycles. The third kappa shape index (κ3) is 2.17. The van der Waals surface area contributed by atoms with Crippen LogP contribution in [0.4, 0.5) is 0 Å². The number of halogens is 1. The molecule has 1 aromatic carbocycles. The highest BCUT2D eigenvalue weighted by Gasteiger charge is 2.29. The first-order chi connectivity index (χ1) is 7.95. The van der Waals surface area contributed by atoms with Crippen LogP contribution in [0.2, 0.25) is 0 Å². The van der Waals surface area contributed by atoms with E-state index >= 15 is 0 Å². The number of rotatable bonds is 2. The number of fused-ring (bicyclic) bond motifs is 1. The average Bonchev–Trinajstić information content (AvgIpc) is 2.25. The smallest absolute Gasteiger partial charge is 0.172 e. The molecule has 0 radical (unpaired) electrons. The summed E-state index contributed by atoms with van der Waals surface area (Å²) < 4.78 is 11.9. The SMILES string of the molecule is CC(C)(N)c1c(Br)cc(C=O)c2c1OCCO2. The highest BCUT2D eigenvalue weighted by Crippen LogP contribution is 2.44. The van der Waals surface area contributed by atoms with Crippen LogP contribution in [0, 0.1) is 0 Å². The van der Waals surface area contributed by atoms with Crippen molar-refractivity contribution in [2.45, 2.75) is 19.4 Å². The molecule has 5 heteroatoms. The molecule has 0 unspecified atom stereocenters. The Balaban J connectivity index is 2.72. The van der Waals surface area contributed by atoms with Crippen LogP contribution in [-0.4, -0.2) is 19.5 Å². The Labute approximate surface area is 108 Å². The Hall–Kier alpha value is -1.07. The molecule has 0 bridgehead atoms. The molecule has 1 heterocycles. The largest absolute Gasteiger partial charge is 0.486 e. The predicted molar refractivity (Wildman–Crippen MR) is 67.7 cm³/mol. The zero-order chi connectivity index (χ0) is 12.6. The zero-order valence-electron chi connectivity index (χ0n) is 9.75. The van der Waals surface area contributed by atoms with Gasteiger partial charge in [-0.3, -0.25) is 4.79 Å². The fourth-order valence-corrected chi connectivity index (χ4v) is 2.83. The van der Waals surface area contributed by atoms with Crippen molar-refractivity contribution in [3.05, 3.63) is 21.7 Å². The van der Waals surface area contributed by atoms with Gasteiger partial charge in [0, 0.05) is 15.6 Å². The van der Waals surface area contributed by atoms with E-state index in [9.17, 15) is 4.79 Å². The maximum atomic E-state index is 11.0. The van der Waals surface area contributed by atoms with E-state index < -0.39 is 5.54 Å². The highest BCUT2D eigenvalue weighted by atomic mass is 79.9. The summed E-state index contributed by atoms with van der Waals surface area (Å²) in [5.41, 5.74) is 6.83. The lowest BCUT2D eigenvalue weighted by molar-refractivity contribution is 0.111. The summed E-state index contributed by atoms with van der Waals surface area (Å²) in [6.07, 6.45) is 0.756. The van der Waals surface area contributed by atoms with E-state index in [4.69, 9.17) is 15.2 Å². The molecule has 4 nitrogen and oxygen atoms in total. The maximum Gasteiger partial charge on any atom is 0.172 e. The number of carbonyl (C=O) groups is 1. The third-order valence-electron chi connectivity index (χ3n) is 2.56. The second kappa shape index (κ2) is 4.31. The van der Waals surface area contributed by atoms with Gasteiger partial charge in [0.15, 0.2) is 17.8 Å². The quantitative estimate of drug-likeness (QED) is 0.851. The van der Waals surface area contributed by atoms with Gasteiger partial charge in [-0.05, 0) is 19.9 Å². The van der Waals surface area contributed by atoms with Crippen molar-refractivity contribution in [3.63, 3.8) is 0 Å². The highest BCUT2D eigenvalue weighted by molar-refractivity contribution is 9.10. The normalized spacial score (nSPS) is 14.6. The van der Waals surface area contributed by atoms with Crippen molar-refractivity contribution in [1.82, 2.24) is 0 Å². The molecule has 92 valence electrons. The molecular formula is C12H14BrNO3. The molecule has 1 aliphatic rings. The molecule has 0 saturated heterocycles. The van der Waals surface area contributed by atoms with Crippen LogP contribution in [0.5, 0.6) is 11.5 Å². The number of carbonyl (C=O) groups excluding carboxylic acids is 1. The monoisotopic (exact) mass is 299 g/mol. The van der Waals surface area contributed by atoms with Crippen molar-refractivity contribution in [1.29, 1.82) is 0 Å². The fraction of sp³-hybridized carbons (Fsp3) is 0.417. The van der Waals surface area contributed by atoms with Crippen LogP contribution in [0.3, 0.4) is 0 Å². The Morgan fingerprint density at radius 2 is 1.94 bits per heavy atom. The summed E-state index contributed by atoms with van der Waals surface area (Å²) in [5, 5.41) is 0.